The number of amides is 2. The van der Waals surface area contributed by atoms with E-state index in [4.69, 9.17) is 5.26 Å². The lowest BCUT2D eigenvalue weighted by atomic mass is 10.0. The van der Waals surface area contributed by atoms with Crippen molar-refractivity contribution in [2.45, 2.75) is 25.8 Å². The normalized spacial score (nSPS) is 15.6. The van der Waals surface area contributed by atoms with Gasteiger partial charge in [-0.15, -0.1) is 0 Å². The Balaban J connectivity index is 1.78. The lowest BCUT2D eigenvalue weighted by Gasteiger charge is -2.37. The SMILES string of the molecule is Cc1ccc(NC(=O)C[C@@H]2C(=O)Nc3ccccc3N2CCC#N)cc1. The number of nitrogens with zero attached hydrogens (tertiary/aromatic N) is 2. The first-order valence-corrected chi connectivity index (χ1v) is 8.48. The van der Waals surface area contributed by atoms with Gasteiger partial charge in [0, 0.05) is 12.2 Å². The molecule has 3 rings (SSSR count). The van der Waals surface area contributed by atoms with Gasteiger partial charge in [-0.05, 0) is 31.2 Å². The van der Waals surface area contributed by atoms with E-state index in [1.54, 1.807) is 0 Å². The van der Waals surface area contributed by atoms with Crippen molar-refractivity contribution in [1.29, 1.82) is 5.26 Å². The predicted molar refractivity (Wildman–Crippen MR) is 101 cm³/mol. The van der Waals surface area contributed by atoms with E-state index in [0.717, 1.165) is 11.3 Å². The average molecular weight is 348 g/mol. The smallest absolute Gasteiger partial charge is 0.247 e. The Hall–Kier alpha value is -3.33. The van der Waals surface area contributed by atoms with Crippen LogP contribution in [0.15, 0.2) is 48.5 Å². The summed E-state index contributed by atoms with van der Waals surface area (Å²) in [5, 5.41) is 14.6. The van der Waals surface area contributed by atoms with Crippen LogP contribution in [0.5, 0.6) is 0 Å². The van der Waals surface area contributed by atoms with Crippen LogP contribution in [-0.2, 0) is 9.59 Å². The molecule has 0 saturated heterocycles. The quantitative estimate of drug-likeness (QED) is 0.869. The summed E-state index contributed by atoms with van der Waals surface area (Å²) in [5.41, 5.74) is 3.33. The highest BCUT2D eigenvalue weighted by atomic mass is 16.2. The Morgan fingerprint density at radius 2 is 1.96 bits per heavy atom. The molecular weight excluding hydrogens is 328 g/mol. The summed E-state index contributed by atoms with van der Waals surface area (Å²) in [6, 6.07) is 16.4. The molecule has 1 aliphatic rings. The monoisotopic (exact) mass is 348 g/mol. The minimum atomic E-state index is -0.649. The second-order valence-corrected chi connectivity index (χ2v) is 6.24. The second-order valence-electron chi connectivity index (χ2n) is 6.24. The molecule has 0 radical (unpaired) electrons. The molecule has 0 bridgehead atoms. The number of para-hydroxylation sites is 2. The van der Waals surface area contributed by atoms with Crippen LogP contribution in [0.2, 0.25) is 0 Å². The number of nitrogens with one attached hydrogen (secondary N) is 2. The second kappa shape index (κ2) is 7.70. The van der Waals surface area contributed by atoms with Crippen molar-refractivity contribution in [3.8, 4) is 6.07 Å². The molecule has 2 amide bonds. The molecule has 0 saturated carbocycles. The van der Waals surface area contributed by atoms with Crippen LogP contribution < -0.4 is 15.5 Å². The number of carbonyl (C=O) groups is 2. The molecule has 6 heteroatoms. The number of benzene rings is 2. The van der Waals surface area contributed by atoms with E-state index >= 15 is 0 Å². The Bertz CT molecular complexity index is 855. The molecule has 2 aromatic carbocycles. The molecule has 6 nitrogen and oxygen atoms in total. The fourth-order valence-corrected chi connectivity index (χ4v) is 3.03. The number of nitriles is 1. The van der Waals surface area contributed by atoms with Gasteiger partial charge >= 0.3 is 0 Å². The maximum Gasteiger partial charge on any atom is 0.247 e. The number of aryl methyl sites for hydroxylation is 1. The third kappa shape index (κ3) is 3.83. The summed E-state index contributed by atoms with van der Waals surface area (Å²) in [4.78, 5) is 26.8. The third-order valence-corrected chi connectivity index (χ3v) is 4.33. The predicted octanol–water partition coefficient (Wildman–Crippen LogP) is 3.06. The van der Waals surface area contributed by atoms with Crippen molar-refractivity contribution >= 4 is 28.9 Å². The minimum absolute atomic E-state index is 0.0134. The molecule has 1 atom stereocenters. The third-order valence-electron chi connectivity index (χ3n) is 4.33. The van der Waals surface area contributed by atoms with Gasteiger partial charge in [0.25, 0.3) is 0 Å². The van der Waals surface area contributed by atoms with Crippen LogP contribution in [-0.4, -0.2) is 24.4 Å². The molecule has 132 valence electrons. The van der Waals surface area contributed by atoms with Crippen molar-refractivity contribution < 1.29 is 9.59 Å². The number of anilines is 3. The molecule has 2 N–H and O–H groups in total. The molecule has 1 heterocycles. The van der Waals surface area contributed by atoms with E-state index in [2.05, 4.69) is 16.7 Å². The summed E-state index contributed by atoms with van der Waals surface area (Å²) in [6.45, 7) is 2.37. The van der Waals surface area contributed by atoms with E-state index in [0.29, 0.717) is 17.9 Å². The highest BCUT2D eigenvalue weighted by Gasteiger charge is 2.34. The van der Waals surface area contributed by atoms with Crippen molar-refractivity contribution in [2.75, 3.05) is 22.1 Å². The lowest BCUT2D eigenvalue weighted by Crippen LogP contribution is -2.50. The highest BCUT2D eigenvalue weighted by Crippen LogP contribution is 2.32. The Morgan fingerprint density at radius 1 is 1.23 bits per heavy atom. The van der Waals surface area contributed by atoms with Gasteiger partial charge in [0.2, 0.25) is 11.8 Å². The number of hydrogen-bond donors (Lipinski definition) is 2. The molecule has 1 aliphatic heterocycles. The first kappa shape index (κ1) is 17.5. The zero-order valence-corrected chi connectivity index (χ0v) is 14.5. The molecular formula is C20H20N4O2. The summed E-state index contributed by atoms with van der Waals surface area (Å²) >= 11 is 0. The first-order chi connectivity index (χ1) is 12.6. The molecule has 0 aromatic heterocycles. The number of carbonyl (C=O) groups excluding carboxylic acids is 2. The fourth-order valence-electron chi connectivity index (χ4n) is 3.03. The van der Waals surface area contributed by atoms with Crippen LogP contribution in [0, 0.1) is 18.3 Å². The van der Waals surface area contributed by atoms with E-state index in [-0.39, 0.29) is 24.7 Å². The van der Waals surface area contributed by atoms with Crippen LogP contribution in [0.25, 0.3) is 0 Å². The van der Waals surface area contributed by atoms with Crippen LogP contribution in [0.4, 0.5) is 17.1 Å². The number of hydrogen-bond acceptors (Lipinski definition) is 4. The van der Waals surface area contributed by atoms with Crippen molar-refractivity contribution in [3.05, 3.63) is 54.1 Å². The van der Waals surface area contributed by atoms with Crippen molar-refractivity contribution in [1.82, 2.24) is 0 Å². The molecule has 0 spiro atoms. The lowest BCUT2D eigenvalue weighted by molar-refractivity contribution is -0.122. The van der Waals surface area contributed by atoms with Crippen LogP contribution >= 0.6 is 0 Å². The van der Waals surface area contributed by atoms with Gasteiger partial charge in [-0.2, -0.15) is 5.26 Å². The van der Waals surface area contributed by atoms with Gasteiger partial charge in [-0.25, -0.2) is 0 Å². The standard InChI is InChI=1S/C20H20N4O2/c1-14-7-9-15(10-8-14)22-19(25)13-18-20(26)23-16-5-2-3-6-17(16)24(18)12-4-11-21/h2-3,5-10,18H,4,12-13H2,1H3,(H,22,25)(H,23,26)/t18-/m1/s1. The molecule has 26 heavy (non-hydrogen) atoms. The summed E-state index contributed by atoms with van der Waals surface area (Å²) in [6.07, 6.45) is 0.289. The van der Waals surface area contributed by atoms with Gasteiger partial charge < -0.3 is 15.5 Å². The van der Waals surface area contributed by atoms with Gasteiger partial charge in [0.05, 0.1) is 30.3 Å². The largest absolute Gasteiger partial charge is 0.356 e. The first-order valence-electron chi connectivity index (χ1n) is 8.48. The molecule has 0 unspecified atom stereocenters. The zero-order valence-electron chi connectivity index (χ0n) is 14.5. The Labute approximate surface area is 152 Å². The topological polar surface area (TPSA) is 85.2 Å². The zero-order chi connectivity index (χ0) is 18.5. The summed E-state index contributed by atoms with van der Waals surface area (Å²) < 4.78 is 0. The van der Waals surface area contributed by atoms with E-state index in [1.165, 1.54) is 0 Å². The molecule has 0 fully saturated rings. The average Bonchev–Trinajstić information content (AvgIpc) is 2.63. The van der Waals surface area contributed by atoms with Crippen molar-refractivity contribution in [3.63, 3.8) is 0 Å². The number of rotatable bonds is 5. The summed E-state index contributed by atoms with van der Waals surface area (Å²) in [7, 11) is 0. The van der Waals surface area contributed by atoms with E-state index < -0.39 is 6.04 Å². The molecule has 2 aromatic rings. The maximum atomic E-state index is 12.5. The van der Waals surface area contributed by atoms with Crippen molar-refractivity contribution in [2.24, 2.45) is 0 Å². The fraction of sp³-hybridized carbons (Fsp3) is 0.250. The Kier molecular flexibility index (Phi) is 5.18. The maximum absolute atomic E-state index is 12.5. The van der Waals surface area contributed by atoms with E-state index in [9.17, 15) is 9.59 Å². The Morgan fingerprint density at radius 3 is 2.69 bits per heavy atom. The summed E-state index contributed by atoms with van der Waals surface area (Å²) in [5.74, 6) is -0.476. The molecule has 0 aliphatic carbocycles. The highest BCUT2D eigenvalue weighted by molar-refractivity contribution is 6.06. The van der Waals surface area contributed by atoms with Crippen LogP contribution in [0.3, 0.4) is 0 Å². The van der Waals surface area contributed by atoms with E-state index in [1.807, 2.05) is 60.4 Å². The minimum Gasteiger partial charge on any atom is -0.356 e. The van der Waals surface area contributed by atoms with Gasteiger partial charge in [-0.1, -0.05) is 29.8 Å². The van der Waals surface area contributed by atoms with Gasteiger partial charge in [0.15, 0.2) is 0 Å². The number of fused-ring (bicyclic) bond motifs is 1. The van der Waals surface area contributed by atoms with Gasteiger partial charge in [-0.3, -0.25) is 9.59 Å². The van der Waals surface area contributed by atoms with Gasteiger partial charge in [0.1, 0.15) is 6.04 Å². The van der Waals surface area contributed by atoms with Crippen LogP contribution in [0.1, 0.15) is 18.4 Å².